The third-order valence-corrected chi connectivity index (χ3v) is 8.62. The zero-order chi connectivity index (χ0) is 30.0. The Labute approximate surface area is 243 Å². The Bertz CT molecular complexity index is 1400. The van der Waals surface area contributed by atoms with E-state index < -0.39 is 28.5 Å². The maximum absolute atomic E-state index is 14.2. The van der Waals surface area contributed by atoms with E-state index in [2.05, 4.69) is 5.32 Å². The fraction of sp³-hybridized carbons (Fsp3) is 0.355. The summed E-state index contributed by atoms with van der Waals surface area (Å²) in [5, 5.41) is 2.97. The summed E-state index contributed by atoms with van der Waals surface area (Å²) < 4.78 is 40.0. The summed E-state index contributed by atoms with van der Waals surface area (Å²) >= 11 is 0. The molecule has 10 heteroatoms. The van der Waals surface area contributed by atoms with Crippen molar-refractivity contribution < 1.29 is 27.5 Å². The van der Waals surface area contributed by atoms with Crippen LogP contribution >= 0.6 is 0 Å². The van der Waals surface area contributed by atoms with Gasteiger partial charge in [0.25, 0.3) is 10.0 Å². The monoisotopic (exact) mass is 581 g/mol. The predicted molar refractivity (Wildman–Crippen MR) is 159 cm³/mol. The van der Waals surface area contributed by atoms with Crippen LogP contribution < -0.4 is 19.1 Å². The van der Waals surface area contributed by atoms with Crippen LogP contribution in [0.5, 0.6) is 11.5 Å². The van der Waals surface area contributed by atoms with Gasteiger partial charge in [0.1, 0.15) is 24.1 Å². The number of rotatable bonds is 14. The Morgan fingerprint density at radius 3 is 2.07 bits per heavy atom. The second kappa shape index (κ2) is 14.5. The van der Waals surface area contributed by atoms with E-state index in [-0.39, 0.29) is 34.8 Å². The number of ether oxygens (including phenoxy) is 2. The molecule has 0 saturated heterocycles. The normalized spacial score (nSPS) is 12.6. The van der Waals surface area contributed by atoms with Gasteiger partial charge in [-0.2, -0.15) is 0 Å². The van der Waals surface area contributed by atoms with Crippen LogP contribution in [0.15, 0.2) is 83.8 Å². The number of benzene rings is 3. The molecule has 0 aliphatic carbocycles. The highest BCUT2D eigenvalue weighted by molar-refractivity contribution is 7.92. The van der Waals surface area contributed by atoms with Crippen LogP contribution in [-0.4, -0.2) is 58.0 Å². The molecule has 0 aromatic heterocycles. The zero-order valence-electron chi connectivity index (χ0n) is 24.2. The average Bonchev–Trinajstić information content (AvgIpc) is 3.00. The van der Waals surface area contributed by atoms with Crippen molar-refractivity contribution in [2.75, 3.05) is 25.1 Å². The van der Waals surface area contributed by atoms with E-state index in [0.29, 0.717) is 12.2 Å². The zero-order valence-corrected chi connectivity index (χ0v) is 25.1. The van der Waals surface area contributed by atoms with Crippen LogP contribution in [0.4, 0.5) is 5.69 Å². The van der Waals surface area contributed by atoms with Crippen LogP contribution in [0.2, 0.25) is 0 Å². The molecule has 1 N–H and O–H groups in total. The first-order valence-electron chi connectivity index (χ1n) is 13.6. The second-order valence-electron chi connectivity index (χ2n) is 9.61. The van der Waals surface area contributed by atoms with Gasteiger partial charge in [0.05, 0.1) is 24.8 Å². The number of carbonyl (C=O) groups is 2. The Balaban J connectivity index is 2.12. The molecule has 2 amide bonds. The highest BCUT2D eigenvalue weighted by Crippen LogP contribution is 2.36. The van der Waals surface area contributed by atoms with Crippen molar-refractivity contribution in [2.24, 2.45) is 0 Å². The van der Waals surface area contributed by atoms with Crippen molar-refractivity contribution in [3.05, 3.63) is 84.4 Å². The highest BCUT2D eigenvalue weighted by atomic mass is 32.2. The number of nitrogens with zero attached hydrogens (tertiary/aromatic N) is 2. The molecule has 3 aromatic rings. The topological polar surface area (TPSA) is 105 Å². The molecule has 0 radical (unpaired) electrons. The molecule has 0 saturated carbocycles. The van der Waals surface area contributed by atoms with Gasteiger partial charge in [0.15, 0.2) is 0 Å². The second-order valence-corrected chi connectivity index (χ2v) is 11.5. The van der Waals surface area contributed by atoms with Gasteiger partial charge < -0.3 is 19.7 Å². The fourth-order valence-electron chi connectivity index (χ4n) is 4.37. The maximum Gasteiger partial charge on any atom is 0.264 e. The maximum atomic E-state index is 14.2. The third-order valence-electron chi connectivity index (χ3n) is 6.85. The third kappa shape index (κ3) is 7.79. The molecule has 0 aliphatic rings. The van der Waals surface area contributed by atoms with Gasteiger partial charge in [-0.25, -0.2) is 8.42 Å². The molecule has 2 atom stereocenters. The number of methoxy groups -OCH3 is 2. The summed E-state index contributed by atoms with van der Waals surface area (Å²) in [6.45, 7) is 5.25. The van der Waals surface area contributed by atoms with Crippen molar-refractivity contribution in [3.8, 4) is 11.5 Å². The Morgan fingerprint density at radius 2 is 1.51 bits per heavy atom. The molecule has 0 heterocycles. The largest absolute Gasteiger partial charge is 0.497 e. The van der Waals surface area contributed by atoms with Gasteiger partial charge in [-0.3, -0.25) is 13.9 Å². The van der Waals surface area contributed by atoms with E-state index in [1.165, 1.54) is 37.3 Å². The minimum Gasteiger partial charge on any atom is -0.497 e. The number of anilines is 1. The first-order chi connectivity index (χ1) is 19.7. The van der Waals surface area contributed by atoms with E-state index in [1.54, 1.807) is 30.3 Å². The number of amides is 2. The van der Waals surface area contributed by atoms with Gasteiger partial charge in [-0.15, -0.1) is 0 Å². The molecule has 9 nitrogen and oxygen atoms in total. The lowest BCUT2D eigenvalue weighted by Crippen LogP contribution is -2.53. The standard InChI is InChI=1S/C31H39N3O6S/c1-6-23(3)32-31(36)27(7-2)33(21-24-14-10-8-11-15-24)30(35)22-34(41(37,38)26-16-12-9-13-17-26)28-20-25(39-4)18-19-29(28)40-5/h8-20,23,27H,6-7,21-22H2,1-5H3,(H,32,36)/t23-,27+/m0/s1. The minimum atomic E-state index is -4.24. The van der Waals surface area contributed by atoms with Crippen molar-refractivity contribution >= 4 is 27.5 Å². The van der Waals surface area contributed by atoms with Gasteiger partial charge in [-0.05, 0) is 49.6 Å². The molecule has 220 valence electrons. The van der Waals surface area contributed by atoms with E-state index in [0.717, 1.165) is 16.3 Å². The van der Waals surface area contributed by atoms with Crippen molar-refractivity contribution in [1.82, 2.24) is 10.2 Å². The van der Waals surface area contributed by atoms with Crippen molar-refractivity contribution in [1.29, 1.82) is 0 Å². The van der Waals surface area contributed by atoms with Crippen LogP contribution in [0.1, 0.15) is 39.2 Å². The SMILES string of the molecule is CC[C@H](C(=O)N[C@@H](C)CC)N(Cc1ccccc1)C(=O)CN(c1cc(OC)ccc1OC)S(=O)(=O)c1ccccc1. The lowest BCUT2D eigenvalue weighted by molar-refractivity contribution is -0.140. The summed E-state index contributed by atoms with van der Waals surface area (Å²) in [6, 6.07) is 21.0. The molecule has 3 rings (SSSR count). The Morgan fingerprint density at radius 1 is 0.878 bits per heavy atom. The van der Waals surface area contributed by atoms with Gasteiger partial charge in [0.2, 0.25) is 11.8 Å². The smallest absolute Gasteiger partial charge is 0.264 e. The molecule has 0 bridgehead atoms. The van der Waals surface area contributed by atoms with E-state index in [4.69, 9.17) is 9.47 Å². The van der Waals surface area contributed by atoms with Crippen LogP contribution in [0.25, 0.3) is 0 Å². The van der Waals surface area contributed by atoms with Crippen LogP contribution in [0.3, 0.4) is 0 Å². The summed E-state index contributed by atoms with van der Waals surface area (Å²) in [7, 11) is -1.35. The lowest BCUT2D eigenvalue weighted by atomic mass is 10.1. The number of hydrogen-bond acceptors (Lipinski definition) is 6. The highest BCUT2D eigenvalue weighted by Gasteiger charge is 2.35. The fourth-order valence-corrected chi connectivity index (χ4v) is 5.80. The van der Waals surface area contributed by atoms with Crippen LogP contribution in [-0.2, 0) is 26.2 Å². The number of sulfonamides is 1. The Hall–Kier alpha value is -4.05. The number of carbonyl (C=O) groups excluding carboxylic acids is 2. The summed E-state index contributed by atoms with van der Waals surface area (Å²) in [6.07, 6.45) is 1.07. The average molecular weight is 582 g/mol. The van der Waals surface area contributed by atoms with E-state index in [1.807, 2.05) is 51.1 Å². The summed E-state index contributed by atoms with van der Waals surface area (Å²) in [4.78, 5) is 29.0. The molecule has 0 unspecified atom stereocenters. The quantitative estimate of drug-likeness (QED) is 0.298. The summed E-state index contributed by atoms with van der Waals surface area (Å²) in [5.74, 6) is -0.191. The molecular formula is C31H39N3O6S. The van der Waals surface area contributed by atoms with Gasteiger partial charge in [-0.1, -0.05) is 62.4 Å². The van der Waals surface area contributed by atoms with Gasteiger partial charge in [0, 0.05) is 18.7 Å². The minimum absolute atomic E-state index is 0.00818. The molecule has 0 spiro atoms. The molecule has 0 aliphatic heterocycles. The first-order valence-corrected chi connectivity index (χ1v) is 15.0. The van der Waals surface area contributed by atoms with E-state index in [9.17, 15) is 18.0 Å². The van der Waals surface area contributed by atoms with Gasteiger partial charge >= 0.3 is 0 Å². The predicted octanol–water partition coefficient (Wildman–Crippen LogP) is 4.62. The van der Waals surface area contributed by atoms with Crippen molar-refractivity contribution in [2.45, 2.75) is 57.1 Å². The van der Waals surface area contributed by atoms with Crippen LogP contribution in [0, 0.1) is 0 Å². The van der Waals surface area contributed by atoms with E-state index >= 15 is 0 Å². The Kier molecular flexibility index (Phi) is 11.2. The number of hydrogen-bond donors (Lipinski definition) is 1. The van der Waals surface area contributed by atoms with Crippen molar-refractivity contribution in [3.63, 3.8) is 0 Å². The first kappa shape index (κ1) is 31.5. The molecular weight excluding hydrogens is 542 g/mol. The molecule has 41 heavy (non-hydrogen) atoms. The molecule has 3 aromatic carbocycles. The lowest BCUT2D eigenvalue weighted by Gasteiger charge is -2.34. The molecule has 0 fully saturated rings. The number of nitrogens with one attached hydrogen (secondary N) is 1. The summed E-state index contributed by atoms with van der Waals surface area (Å²) in [5.41, 5.74) is 0.952.